The largest absolute Gasteiger partial charge is 0.488 e. The fourth-order valence-electron chi connectivity index (χ4n) is 3.01. The second kappa shape index (κ2) is 10.6. The zero-order valence-corrected chi connectivity index (χ0v) is 17.5. The molecule has 3 rings (SSSR count). The van der Waals surface area contributed by atoms with Gasteiger partial charge in [0.2, 0.25) is 0 Å². The van der Waals surface area contributed by atoms with Crippen LogP contribution in [0.25, 0.3) is 0 Å². The molecule has 31 heavy (non-hydrogen) atoms. The molecule has 5 N–H and O–H groups in total. The fraction of sp³-hybridized carbons (Fsp3) is 0.304. The van der Waals surface area contributed by atoms with E-state index in [1.807, 2.05) is 24.3 Å². The minimum absolute atomic E-state index is 0.0113. The van der Waals surface area contributed by atoms with Crippen LogP contribution in [-0.4, -0.2) is 47.5 Å². The summed E-state index contributed by atoms with van der Waals surface area (Å²) in [6, 6.07) is 12.6. The van der Waals surface area contributed by atoms with Gasteiger partial charge in [0.25, 0.3) is 5.91 Å². The Morgan fingerprint density at radius 3 is 2.52 bits per heavy atom. The molecule has 1 fully saturated rings. The van der Waals surface area contributed by atoms with Crippen molar-refractivity contribution >= 4 is 11.7 Å². The van der Waals surface area contributed by atoms with Gasteiger partial charge < -0.3 is 26.0 Å². The molecule has 0 saturated carbocycles. The fourth-order valence-corrected chi connectivity index (χ4v) is 3.01. The first-order chi connectivity index (χ1) is 15.0. The van der Waals surface area contributed by atoms with Crippen molar-refractivity contribution in [2.75, 3.05) is 19.7 Å². The predicted molar refractivity (Wildman–Crippen MR) is 119 cm³/mol. The monoisotopic (exact) mass is 424 g/mol. The summed E-state index contributed by atoms with van der Waals surface area (Å²) in [5, 5.41) is 9.28. The number of benzene rings is 2. The smallest absolute Gasteiger partial charge is 0.279 e. The van der Waals surface area contributed by atoms with E-state index in [4.69, 9.17) is 20.9 Å². The lowest BCUT2D eigenvalue weighted by atomic mass is 10.1. The molecule has 0 aromatic heterocycles. The van der Waals surface area contributed by atoms with Gasteiger partial charge in [0.1, 0.15) is 29.2 Å². The van der Waals surface area contributed by atoms with Crippen LogP contribution in [0.1, 0.15) is 29.3 Å². The number of hydrogen-bond donors (Lipinski definition) is 3. The van der Waals surface area contributed by atoms with Crippen LogP contribution in [0.5, 0.6) is 17.2 Å². The maximum absolute atomic E-state index is 12.5. The number of rotatable bonds is 9. The van der Waals surface area contributed by atoms with Crippen molar-refractivity contribution in [1.29, 1.82) is 0 Å². The number of aliphatic hydroxyl groups excluding tert-OH is 1. The highest BCUT2D eigenvalue weighted by atomic mass is 16.5. The first kappa shape index (κ1) is 22.3. The summed E-state index contributed by atoms with van der Waals surface area (Å²) < 4.78 is 11.6. The third-order valence-corrected chi connectivity index (χ3v) is 4.73. The normalized spacial score (nSPS) is 15.5. The second-order valence-electron chi connectivity index (χ2n) is 7.38. The van der Waals surface area contributed by atoms with E-state index >= 15 is 0 Å². The summed E-state index contributed by atoms with van der Waals surface area (Å²) in [5.41, 5.74) is 12.4. The van der Waals surface area contributed by atoms with E-state index in [2.05, 4.69) is 9.89 Å². The Labute approximate surface area is 181 Å². The number of carbonyl (C=O) groups is 1. The first-order valence-corrected chi connectivity index (χ1v) is 10.2. The van der Waals surface area contributed by atoms with Gasteiger partial charge in [-0.3, -0.25) is 9.69 Å². The molecule has 8 nitrogen and oxygen atoms in total. The van der Waals surface area contributed by atoms with Crippen molar-refractivity contribution < 1.29 is 19.4 Å². The number of amidine groups is 1. The van der Waals surface area contributed by atoms with E-state index < -0.39 is 12.0 Å². The first-order valence-electron chi connectivity index (χ1n) is 10.2. The highest BCUT2D eigenvalue weighted by Crippen LogP contribution is 2.29. The van der Waals surface area contributed by atoms with Crippen LogP contribution in [0.2, 0.25) is 0 Å². The van der Waals surface area contributed by atoms with Crippen molar-refractivity contribution in [2.24, 2.45) is 16.5 Å². The standard InChI is InChI=1S/C23H28N4O4/c1-16(15-28)30-20-11-18(23(29)26-22(25)7-8-24)12-21(13-20)31-19-5-3-17(4-6-19)14-27-9-2-10-27/h3-8,11-13,16,28H,2,9-10,14-15,24H2,1H3,(H2,25,26,29)/b8-7-/t16-/m0/s1. The lowest BCUT2D eigenvalue weighted by molar-refractivity contribution is 0.100. The number of carbonyl (C=O) groups excluding carboxylic acids is 1. The molecule has 2 aromatic rings. The number of nitrogens with two attached hydrogens (primary N) is 2. The Morgan fingerprint density at radius 2 is 1.90 bits per heavy atom. The predicted octanol–water partition coefficient (Wildman–Crippen LogP) is 2.41. The van der Waals surface area contributed by atoms with Crippen molar-refractivity contribution in [3.8, 4) is 17.2 Å². The van der Waals surface area contributed by atoms with Gasteiger partial charge in [-0.1, -0.05) is 12.1 Å². The molecule has 0 aliphatic carbocycles. The zero-order chi connectivity index (χ0) is 22.2. The Hall–Kier alpha value is -3.36. The van der Waals surface area contributed by atoms with Crippen LogP contribution in [0, 0.1) is 0 Å². The van der Waals surface area contributed by atoms with E-state index in [1.54, 1.807) is 19.1 Å². The van der Waals surface area contributed by atoms with Gasteiger partial charge >= 0.3 is 0 Å². The summed E-state index contributed by atoms with van der Waals surface area (Å²) in [7, 11) is 0. The molecule has 1 aliphatic rings. The average Bonchev–Trinajstić information content (AvgIpc) is 2.71. The van der Waals surface area contributed by atoms with Gasteiger partial charge in [-0.15, -0.1) is 0 Å². The second-order valence-corrected chi connectivity index (χ2v) is 7.38. The molecule has 164 valence electrons. The minimum atomic E-state index is -0.563. The molecular formula is C23H28N4O4. The molecule has 1 amide bonds. The number of aliphatic hydroxyl groups is 1. The zero-order valence-electron chi connectivity index (χ0n) is 17.5. The third-order valence-electron chi connectivity index (χ3n) is 4.73. The van der Waals surface area contributed by atoms with Crippen LogP contribution in [-0.2, 0) is 6.54 Å². The molecule has 0 bridgehead atoms. The lowest BCUT2D eigenvalue weighted by Gasteiger charge is -2.30. The molecule has 1 heterocycles. The number of aliphatic imine (C=N–C) groups is 1. The van der Waals surface area contributed by atoms with Crippen molar-refractivity contribution in [1.82, 2.24) is 4.90 Å². The van der Waals surface area contributed by atoms with Gasteiger partial charge in [-0.05, 0) is 68.5 Å². The van der Waals surface area contributed by atoms with Crippen LogP contribution in [0.3, 0.4) is 0 Å². The third kappa shape index (κ3) is 6.56. The van der Waals surface area contributed by atoms with Crippen LogP contribution in [0.4, 0.5) is 0 Å². The number of nitrogens with zero attached hydrogens (tertiary/aromatic N) is 2. The molecule has 1 atom stereocenters. The van der Waals surface area contributed by atoms with Crippen LogP contribution >= 0.6 is 0 Å². The molecule has 0 unspecified atom stereocenters. The molecule has 1 aliphatic heterocycles. The maximum atomic E-state index is 12.5. The van der Waals surface area contributed by atoms with Gasteiger partial charge in [0.05, 0.1) is 6.61 Å². The SMILES string of the molecule is C[C@@H](CO)Oc1cc(Oc2ccc(CN3CCC3)cc2)cc(C(=O)N=C(N)/C=C\N)c1. The molecule has 0 radical (unpaired) electrons. The highest BCUT2D eigenvalue weighted by Gasteiger charge is 2.15. The maximum Gasteiger partial charge on any atom is 0.279 e. The van der Waals surface area contributed by atoms with Gasteiger partial charge in [0.15, 0.2) is 0 Å². The van der Waals surface area contributed by atoms with E-state index in [9.17, 15) is 9.90 Å². The Morgan fingerprint density at radius 1 is 1.19 bits per heavy atom. The van der Waals surface area contributed by atoms with E-state index in [-0.39, 0.29) is 18.0 Å². The summed E-state index contributed by atoms with van der Waals surface area (Å²) >= 11 is 0. The Bertz CT molecular complexity index is 953. The van der Waals surface area contributed by atoms with E-state index in [0.29, 0.717) is 17.2 Å². The van der Waals surface area contributed by atoms with Crippen LogP contribution < -0.4 is 20.9 Å². The summed E-state index contributed by atoms with van der Waals surface area (Å²) in [4.78, 5) is 18.7. The van der Waals surface area contributed by atoms with Crippen LogP contribution in [0.15, 0.2) is 59.7 Å². The molecule has 8 heteroatoms. The molecule has 2 aromatic carbocycles. The van der Waals surface area contributed by atoms with Crippen molar-refractivity contribution in [2.45, 2.75) is 26.0 Å². The van der Waals surface area contributed by atoms with E-state index in [1.165, 1.54) is 30.3 Å². The summed E-state index contributed by atoms with van der Waals surface area (Å²) in [6.45, 7) is 4.76. The average molecular weight is 425 g/mol. The molecule has 1 saturated heterocycles. The molecular weight excluding hydrogens is 396 g/mol. The number of ether oxygens (including phenoxy) is 2. The topological polar surface area (TPSA) is 123 Å². The highest BCUT2D eigenvalue weighted by molar-refractivity contribution is 6.06. The Kier molecular flexibility index (Phi) is 7.64. The summed E-state index contributed by atoms with van der Waals surface area (Å²) in [6.07, 6.45) is 3.33. The quantitative estimate of drug-likeness (QED) is 0.417. The van der Waals surface area contributed by atoms with Crippen molar-refractivity contribution in [3.63, 3.8) is 0 Å². The minimum Gasteiger partial charge on any atom is -0.488 e. The Balaban J connectivity index is 1.81. The lowest BCUT2D eigenvalue weighted by Crippen LogP contribution is -2.36. The van der Waals surface area contributed by atoms with Gasteiger partial charge in [0, 0.05) is 18.2 Å². The van der Waals surface area contributed by atoms with Gasteiger partial charge in [-0.25, -0.2) is 0 Å². The molecule has 0 spiro atoms. The number of likely N-dealkylation sites (tertiary alicyclic amines) is 1. The summed E-state index contributed by atoms with van der Waals surface area (Å²) in [5.74, 6) is 0.840. The van der Waals surface area contributed by atoms with E-state index in [0.717, 1.165) is 19.6 Å². The number of hydrogen-bond acceptors (Lipinski definition) is 6. The van der Waals surface area contributed by atoms with Crippen molar-refractivity contribution in [3.05, 3.63) is 65.9 Å². The number of amides is 1. The van der Waals surface area contributed by atoms with Gasteiger partial charge in [-0.2, -0.15) is 4.99 Å².